The summed E-state index contributed by atoms with van der Waals surface area (Å²) in [6, 6.07) is 9.51. The van der Waals surface area contributed by atoms with Crippen LogP contribution < -0.4 is 5.32 Å². The van der Waals surface area contributed by atoms with E-state index in [9.17, 15) is 14.7 Å². The Labute approximate surface area is 116 Å². The molecule has 0 aliphatic carbocycles. The number of ether oxygens (including phenoxy) is 1. The molecular weight excluding hydrogens is 258 g/mol. The number of carbonyl (C=O) groups excluding carboxylic acids is 1. The van der Waals surface area contributed by atoms with Crippen molar-refractivity contribution in [3.8, 4) is 0 Å². The van der Waals surface area contributed by atoms with Gasteiger partial charge in [0.25, 0.3) is 0 Å². The molecule has 1 amide bonds. The lowest BCUT2D eigenvalue weighted by Crippen LogP contribution is -2.42. The minimum Gasteiger partial charge on any atom is -0.481 e. The summed E-state index contributed by atoms with van der Waals surface area (Å²) in [5.41, 5.74) is 0.979. The van der Waals surface area contributed by atoms with E-state index < -0.39 is 30.0 Å². The molecule has 0 radical (unpaired) electrons. The van der Waals surface area contributed by atoms with Crippen LogP contribution in [0.1, 0.15) is 5.56 Å². The van der Waals surface area contributed by atoms with Gasteiger partial charge in [-0.2, -0.15) is 0 Å². The highest BCUT2D eigenvalue weighted by atomic mass is 16.5. The maximum Gasteiger partial charge on any atom is 0.310 e. The average Bonchev–Trinajstić information content (AvgIpc) is 3.06. The predicted octanol–water partition coefficient (Wildman–Crippen LogP) is 0.957. The molecule has 104 valence electrons. The van der Waals surface area contributed by atoms with Crippen LogP contribution in [0.4, 0.5) is 0 Å². The molecular formula is C15H15NO4. The third kappa shape index (κ3) is 2.20. The van der Waals surface area contributed by atoms with E-state index >= 15 is 0 Å². The molecule has 1 aromatic rings. The highest BCUT2D eigenvalue weighted by molar-refractivity contribution is 5.87. The summed E-state index contributed by atoms with van der Waals surface area (Å²) >= 11 is 0. The van der Waals surface area contributed by atoms with Gasteiger partial charge in [-0.1, -0.05) is 42.5 Å². The first-order chi connectivity index (χ1) is 9.66. The van der Waals surface area contributed by atoms with Crippen molar-refractivity contribution < 1.29 is 19.4 Å². The number of hydrogen-bond acceptors (Lipinski definition) is 3. The molecule has 2 heterocycles. The molecule has 3 rings (SSSR count). The van der Waals surface area contributed by atoms with Crippen molar-refractivity contribution in [3.05, 3.63) is 48.0 Å². The van der Waals surface area contributed by atoms with Crippen molar-refractivity contribution in [1.29, 1.82) is 0 Å². The van der Waals surface area contributed by atoms with Crippen LogP contribution in [0.2, 0.25) is 0 Å². The Hall–Kier alpha value is -2.14. The Morgan fingerprint density at radius 1 is 1.10 bits per heavy atom. The molecule has 0 saturated carbocycles. The maximum atomic E-state index is 12.2. The van der Waals surface area contributed by atoms with E-state index in [1.807, 2.05) is 30.3 Å². The van der Waals surface area contributed by atoms with Gasteiger partial charge in [-0.15, -0.1) is 0 Å². The van der Waals surface area contributed by atoms with Crippen molar-refractivity contribution >= 4 is 11.9 Å². The van der Waals surface area contributed by atoms with E-state index in [2.05, 4.69) is 5.32 Å². The topological polar surface area (TPSA) is 75.6 Å². The van der Waals surface area contributed by atoms with Gasteiger partial charge < -0.3 is 15.2 Å². The van der Waals surface area contributed by atoms with Crippen molar-refractivity contribution in [3.63, 3.8) is 0 Å². The number of hydrogen-bond donors (Lipinski definition) is 2. The number of amides is 1. The summed E-state index contributed by atoms with van der Waals surface area (Å²) in [6.07, 6.45) is 2.60. The second-order valence-electron chi connectivity index (χ2n) is 5.04. The third-order valence-corrected chi connectivity index (χ3v) is 3.80. The second-order valence-corrected chi connectivity index (χ2v) is 5.04. The fourth-order valence-electron chi connectivity index (χ4n) is 2.82. The largest absolute Gasteiger partial charge is 0.481 e. The molecule has 0 spiro atoms. The van der Waals surface area contributed by atoms with Gasteiger partial charge in [0.1, 0.15) is 5.92 Å². The number of benzene rings is 1. The normalized spacial score (nSPS) is 30.4. The molecule has 2 N–H and O–H groups in total. The van der Waals surface area contributed by atoms with Crippen LogP contribution in [0.15, 0.2) is 42.5 Å². The predicted molar refractivity (Wildman–Crippen MR) is 70.7 cm³/mol. The zero-order valence-corrected chi connectivity index (χ0v) is 10.7. The minimum absolute atomic E-state index is 0.266. The SMILES string of the molecule is O=C(NCc1ccccc1)[C@@H]1[C@H](C(=O)O)[C@H]2C=C[C@H]1O2. The molecule has 2 aliphatic heterocycles. The van der Waals surface area contributed by atoms with Crippen LogP contribution in [0.5, 0.6) is 0 Å². The summed E-state index contributed by atoms with van der Waals surface area (Å²) in [5.74, 6) is -2.69. The highest BCUT2D eigenvalue weighted by Gasteiger charge is 2.53. The maximum absolute atomic E-state index is 12.2. The van der Waals surface area contributed by atoms with Crippen LogP contribution in [0.25, 0.3) is 0 Å². The number of aliphatic carboxylic acids is 1. The van der Waals surface area contributed by atoms with Crippen LogP contribution in [-0.4, -0.2) is 29.2 Å². The summed E-state index contributed by atoms with van der Waals surface area (Å²) < 4.78 is 5.48. The highest BCUT2D eigenvalue weighted by Crippen LogP contribution is 2.39. The molecule has 0 unspecified atom stereocenters. The van der Waals surface area contributed by atoms with Crippen molar-refractivity contribution in [2.45, 2.75) is 18.8 Å². The van der Waals surface area contributed by atoms with Gasteiger partial charge in [0.15, 0.2) is 0 Å². The number of carboxylic acid groups (broad SMARTS) is 1. The number of carbonyl (C=O) groups is 2. The summed E-state index contributed by atoms with van der Waals surface area (Å²) in [5, 5.41) is 12.0. The van der Waals surface area contributed by atoms with Crippen LogP contribution in [0, 0.1) is 11.8 Å². The van der Waals surface area contributed by atoms with E-state index in [0.29, 0.717) is 6.54 Å². The van der Waals surface area contributed by atoms with Crippen molar-refractivity contribution in [2.75, 3.05) is 0 Å². The summed E-state index contributed by atoms with van der Waals surface area (Å²) in [6.45, 7) is 0.392. The zero-order valence-electron chi connectivity index (χ0n) is 10.7. The average molecular weight is 273 g/mol. The van der Waals surface area contributed by atoms with Crippen LogP contribution in [0.3, 0.4) is 0 Å². The van der Waals surface area contributed by atoms with Gasteiger partial charge >= 0.3 is 5.97 Å². The van der Waals surface area contributed by atoms with E-state index in [4.69, 9.17) is 4.74 Å². The lowest BCUT2D eigenvalue weighted by atomic mass is 9.82. The second kappa shape index (κ2) is 5.09. The Morgan fingerprint density at radius 3 is 2.40 bits per heavy atom. The number of carboxylic acids is 1. The quantitative estimate of drug-likeness (QED) is 0.801. The Kier molecular flexibility index (Phi) is 3.28. The van der Waals surface area contributed by atoms with E-state index in [-0.39, 0.29) is 5.91 Å². The Balaban J connectivity index is 1.68. The first-order valence-electron chi connectivity index (χ1n) is 6.55. The van der Waals surface area contributed by atoms with Crippen LogP contribution >= 0.6 is 0 Å². The first-order valence-corrected chi connectivity index (χ1v) is 6.55. The zero-order chi connectivity index (χ0) is 14.1. The lowest BCUT2D eigenvalue weighted by Gasteiger charge is -2.20. The van der Waals surface area contributed by atoms with Gasteiger partial charge in [-0.25, -0.2) is 0 Å². The van der Waals surface area contributed by atoms with E-state index in [1.165, 1.54) is 0 Å². The molecule has 20 heavy (non-hydrogen) atoms. The van der Waals surface area contributed by atoms with Gasteiger partial charge in [0.2, 0.25) is 5.91 Å². The molecule has 2 aliphatic rings. The van der Waals surface area contributed by atoms with E-state index in [1.54, 1.807) is 12.2 Å². The standard InChI is InChI=1S/C15H15NO4/c17-14(16-8-9-4-2-1-3-5-9)12-10-6-7-11(20-10)13(12)15(18)19/h1-7,10-13H,8H2,(H,16,17)(H,18,19)/t10-,11-,12+,13-/m1/s1. The number of fused-ring (bicyclic) bond motifs is 2. The molecule has 1 aromatic carbocycles. The lowest BCUT2D eigenvalue weighted by molar-refractivity contribution is -0.146. The van der Waals surface area contributed by atoms with E-state index in [0.717, 1.165) is 5.56 Å². The molecule has 2 bridgehead atoms. The molecule has 0 aromatic heterocycles. The summed E-state index contributed by atoms with van der Waals surface area (Å²) in [7, 11) is 0. The third-order valence-electron chi connectivity index (χ3n) is 3.80. The summed E-state index contributed by atoms with van der Waals surface area (Å²) in [4.78, 5) is 23.5. The van der Waals surface area contributed by atoms with Crippen molar-refractivity contribution in [2.24, 2.45) is 11.8 Å². The van der Waals surface area contributed by atoms with Gasteiger partial charge in [-0.05, 0) is 5.56 Å². The fraction of sp³-hybridized carbons (Fsp3) is 0.333. The monoisotopic (exact) mass is 273 g/mol. The number of rotatable bonds is 4. The first kappa shape index (κ1) is 12.9. The fourth-order valence-corrected chi connectivity index (χ4v) is 2.82. The molecule has 1 fully saturated rings. The molecule has 5 heteroatoms. The van der Waals surface area contributed by atoms with Crippen LogP contribution in [-0.2, 0) is 20.9 Å². The molecule has 1 saturated heterocycles. The molecule has 5 nitrogen and oxygen atoms in total. The van der Waals surface area contributed by atoms with Gasteiger partial charge in [0.05, 0.1) is 18.1 Å². The van der Waals surface area contributed by atoms with Gasteiger partial charge in [0, 0.05) is 6.54 Å². The molecule has 4 atom stereocenters. The Bertz CT molecular complexity index is 554. The smallest absolute Gasteiger partial charge is 0.310 e. The minimum atomic E-state index is -0.985. The Morgan fingerprint density at radius 2 is 1.75 bits per heavy atom. The van der Waals surface area contributed by atoms with Crippen molar-refractivity contribution in [1.82, 2.24) is 5.32 Å². The number of nitrogens with one attached hydrogen (secondary N) is 1. The van der Waals surface area contributed by atoms with Gasteiger partial charge in [-0.3, -0.25) is 9.59 Å².